The predicted octanol–water partition coefficient (Wildman–Crippen LogP) is 6.77. The summed E-state index contributed by atoms with van der Waals surface area (Å²) >= 11 is 0. The molecule has 4 aromatic rings. The average molecular weight is 733 g/mol. The number of carbonyl (C=O) groups is 2. The zero-order valence-electron chi connectivity index (χ0n) is 31.8. The molecule has 0 saturated carbocycles. The Morgan fingerprint density at radius 2 is 1.43 bits per heavy atom. The molecule has 2 fully saturated rings. The molecule has 9 nitrogen and oxygen atoms in total. The van der Waals surface area contributed by atoms with Gasteiger partial charge in [-0.3, -0.25) is 19.4 Å². The number of nitrogens with one attached hydrogen (secondary N) is 2. The molecule has 2 heterocycles. The van der Waals surface area contributed by atoms with Crippen LogP contribution in [0.3, 0.4) is 0 Å². The molecule has 0 aromatic heterocycles. The normalized spacial score (nSPS) is 20.7. The molecular weight excluding hydrogens is 677 g/mol. The second-order valence-corrected chi connectivity index (χ2v) is 14.8. The molecule has 0 bridgehead atoms. The molecule has 286 valence electrons. The number of hydrogen-bond acceptors (Lipinski definition) is 7. The van der Waals surface area contributed by atoms with Crippen molar-refractivity contribution in [3.05, 3.63) is 131 Å². The topological polar surface area (TPSA) is 103 Å². The van der Waals surface area contributed by atoms with Crippen molar-refractivity contribution in [3.63, 3.8) is 0 Å². The van der Waals surface area contributed by atoms with E-state index >= 15 is 0 Å². The molecule has 4 aromatic carbocycles. The SMILES string of the molecule is CC(=O)NCCCCCC(=O)NCc1cccc(-c2cccc([C@H]3O[C@@H](CN4CCN(Cc5ccccc5)CC4)[C@@H](C)[C@@H](c4ccc(CO)cc4)O3)c2)c1. The summed E-state index contributed by atoms with van der Waals surface area (Å²) < 4.78 is 13.7. The number of amides is 2. The number of carbonyl (C=O) groups excluding carboxylic acids is 2. The molecule has 4 atom stereocenters. The van der Waals surface area contributed by atoms with Crippen molar-refractivity contribution in [3.8, 4) is 11.1 Å². The van der Waals surface area contributed by atoms with Crippen LogP contribution in [0.25, 0.3) is 11.1 Å². The molecule has 0 aliphatic carbocycles. The van der Waals surface area contributed by atoms with Crippen LogP contribution >= 0.6 is 0 Å². The Hall–Kier alpha value is -4.38. The first-order valence-electron chi connectivity index (χ1n) is 19.5. The van der Waals surface area contributed by atoms with Crippen molar-refractivity contribution < 1.29 is 24.2 Å². The number of unbranched alkanes of at least 4 members (excludes halogenated alkanes) is 2. The van der Waals surface area contributed by atoms with Gasteiger partial charge in [0.25, 0.3) is 0 Å². The van der Waals surface area contributed by atoms with Gasteiger partial charge in [-0.05, 0) is 58.4 Å². The summed E-state index contributed by atoms with van der Waals surface area (Å²) in [5.41, 5.74) is 7.43. The van der Waals surface area contributed by atoms with Crippen molar-refractivity contribution in [2.24, 2.45) is 5.92 Å². The molecule has 0 unspecified atom stereocenters. The van der Waals surface area contributed by atoms with Crippen LogP contribution in [-0.2, 0) is 38.8 Å². The number of rotatable bonds is 16. The summed E-state index contributed by atoms with van der Waals surface area (Å²) in [7, 11) is 0. The molecule has 3 N–H and O–H groups in total. The maximum absolute atomic E-state index is 12.5. The zero-order valence-corrected chi connectivity index (χ0v) is 31.8. The Bertz CT molecular complexity index is 1780. The predicted molar refractivity (Wildman–Crippen MR) is 212 cm³/mol. The molecule has 2 aliphatic rings. The smallest absolute Gasteiger partial charge is 0.220 e. The fourth-order valence-corrected chi connectivity index (χ4v) is 7.42. The number of aliphatic hydroxyl groups excluding tert-OH is 1. The summed E-state index contributed by atoms with van der Waals surface area (Å²) in [5, 5.41) is 15.5. The van der Waals surface area contributed by atoms with Gasteiger partial charge in [-0.15, -0.1) is 0 Å². The van der Waals surface area contributed by atoms with E-state index in [9.17, 15) is 14.7 Å². The van der Waals surface area contributed by atoms with Gasteiger partial charge in [-0.1, -0.05) is 104 Å². The first-order valence-corrected chi connectivity index (χ1v) is 19.5. The van der Waals surface area contributed by atoms with Crippen LogP contribution in [0.2, 0.25) is 0 Å². The van der Waals surface area contributed by atoms with Crippen LogP contribution in [0.1, 0.15) is 79.7 Å². The summed E-state index contributed by atoms with van der Waals surface area (Å²) in [6, 6.07) is 35.5. The summed E-state index contributed by atoms with van der Waals surface area (Å²) in [6.07, 6.45) is 2.28. The Balaban J connectivity index is 1.10. The van der Waals surface area contributed by atoms with Gasteiger partial charge in [0.2, 0.25) is 11.8 Å². The van der Waals surface area contributed by atoms with E-state index < -0.39 is 6.29 Å². The molecule has 0 spiro atoms. The van der Waals surface area contributed by atoms with E-state index in [1.807, 2.05) is 24.3 Å². The lowest BCUT2D eigenvalue weighted by Gasteiger charge is -2.44. The molecular formula is C45H56N4O5. The Morgan fingerprint density at radius 1 is 0.722 bits per heavy atom. The highest BCUT2D eigenvalue weighted by Crippen LogP contribution is 2.42. The van der Waals surface area contributed by atoms with Crippen LogP contribution < -0.4 is 10.6 Å². The minimum Gasteiger partial charge on any atom is -0.392 e. The highest BCUT2D eigenvalue weighted by atomic mass is 16.7. The van der Waals surface area contributed by atoms with E-state index in [0.717, 1.165) is 91.9 Å². The minimum atomic E-state index is -0.547. The first kappa shape index (κ1) is 39.3. The van der Waals surface area contributed by atoms with E-state index in [0.29, 0.717) is 19.5 Å². The van der Waals surface area contributed by atoms with Crippen LogP contribution in [0.4, 0.5) is 0 Å². The fourth-order valence-electron chi connectivity index (χ4n) is 7.42. The van der Waals surface area contributed by atoms with Gasteiger partial charge in [0.15, 0.2) is 6.29 Å². The third-order valence-corrected chi connectivity index (χ3v) is 10.6. The second kappa shape index (κ2) is 19.8. The zero-order chi connectivity index (χ0) is 37.7. The maximum atomic E-state index is 12.5. The highest BCUT2D eigenvalue weighted by molar-refractivity contribution is 5.76. The summed E-state index contributed by atoms with van der Waals surface area (Å²) in [5.74, 6) is 0.125. The molecule has 6 rings (SSSR count). The second-order valence-electron chi connectivity index (χ2n) is 14.8. The molecule has 2 aliphatic heterocycles. The number of benzene rings is 4. The molecule has 0 radical (unpaired) electrons. The van der Waals surface area contributed by atoms with E-state index in [1.165, 1.54) is 12.5 Å². The molecule has 9 heteroatoms. The molecule has 54 heavy (non-hydrogen) atoms. The molecule has 2 amide bonds. The van der Waals surface area contributed by atoms with Crippen LogP contribution in [0.5, 0.6) is 0 Å². The number of aliphatic hydroxyl groups is 1. The molecule has 2 saturated heterocycles. The Kier molecular flexibility index (Phi) is 14.4. The van der Waals surface area contributed by atoms with Gasteiger partial charge in [0.1, 0.15) is 0 Å². The van der Waals surface area contributed by atoms with E-state index in [2.05, 4.69) is 106 Å². The maximum Gasteiger partial charge on any atom is 0.220 e. The average Bonchev–Trinajstić information content (AvgIpc) is 3.20. The lowest BCUT2D eigenvalue weighted by Crippen LogP contribution is -2.51. The monoisotopic (exact) mass is 732 g/mol. The van der Waals surface area contributed by atoms with Crippen molar-refractivity contribution >= 4 is 11.8 Å². The van der Waals surface area contributed by atoms with Gasteiger partial charge in [-0.25, -0.2) is 0 Å². The lowest BCUT2D eigenvalue weighted by molar-refractivity contribution is -0.276. The van der Waals surface area contributed by atoms with Crippen molar-refractivity contribution in [2.45, 2.75) is 77.7 Å². The number of ether oxygens (including phenoxy) is 2. The van der Waals surface area contributed by atoms with Gasteiger partial charge in [0, 0.05) is 77.2 Å². The van der Waals surface area contributed by atoms with Crippen molar-refractivity contribution in [1.29, 1.82) is 0 Å². The Morgan fingerprint density at radius 3 is 2.17 bits per heavy atom. The van der Waals surface area contributed by atoms with E-state index in [-0.39, 0.29) is 36.5 Å². The third-order valence-electron chi connectivity index (χ3n) is 10.6. The number of nitrogens with zero attached hydrogens (tertiary/aromatic N) is 2. The van der Waals surface area contributed by atoms with Gasteiger partial charge < -0.3 is 25.2 Å². The van der Waals surface area contributed by atoms with E-state index in [4.69, 9.17) is 9.47 Å². The summed E-state index contributed by atoms with van der Waals surface area (Å²) in [6.45, 7) is 10.7. The van der Waals surface area contributed by atoms with Crippen LogP contribution in [0, 0.1) is 5.92 Å². The quantitative estimate of drug-likeness (QED) is 0.109. The first-order chi connectivity index (χ1) is 26.3. The standard InChI is InChI=1S/C45H56N4O5/c1-33-42(31-49-25-23-48(24-26-49)30-35-11-5-3-6-12-35)53-45(54-44(33)38-20-18-36(32-50)19-21-38)41-16-10-15-40(28-41)39-14-9-13-37(27-39)29-47-43(52)17-7-4-8-22-46-34(2)51/h3,5-6,9-16,18-21,27-28,33,42,44-45,50H,4,7-8,17,22-26,29-32H2,1-2H3,(H,46,51)(H,47,52)/t33-,42+,44+,45+/m1/s1. The number of hydrogen-bond donors (Lipinski definition) is 3. The number of piperazine rings is 1. The summed E-state index contributed by atoms with van der Waals surface area (Å²) in [4.78, 5) is 28.6. The van der Waals surface area contributed by atoms with Gasteiger partial charge in [0.05, 0.1) is 18.8 Å². The fraction of sp³-hybridized carbons (Fsp3) is 0.422. The minimum absolute atomic E-state index is 0.00839. The van der Waals surface area contributed by atoms with Gasteiger partial charge in [-0.2, -0.15) is 0 Å². The lowest BCUT2D eigenvalue weighted by atomic mass is 9.89. The van der Waals surface area contributed by atoms with Crippen molar-refractivity contribution in [1.82, 2.24) is 20.4 Å². The Labute approximate surface area is 320 Å². The third kappa shape index (κ3) is 11.3. The highest BCUT2D eigenvalue weighted by Gasteiger charge is 2.39. The van der Waals surface area contributed by atoms with E-state index in [1.54, 1.807) is 0 Å². The van der Waals surface area contributed by atoms with Gasteiger partial charge >= 0.3 is 0 Å². The largest absolute Gasteiger partial charge is 0.392 e. The van der Waals surface area contributed by atoms with Crippen LogP contribution in [0.15, 0.2) is 103 Å². The van der Waals surface area contributed by atoms with Crippen LogP contribution in [-0.4, -0.2) is 72.1 Å². The van der Waals surface area contributed by atoms with Crippen molar-refractivity contribution in [2.75, 3.05) is 39.3 Å².